The van der Waals surface area contributed by atoms with Gasteiger partial charge in [0.25, 0.3) is 5.91 Å². The second kappa shape index (κ2) is 12.3. The van der Waals surface area contributed by atoms with Crippen molar-refractivity contribution in [3.05, 3.63) is 98.4 Å². The second-order valence-electron chi connectivity index (χ2n) is 7.93. The molecule has 1 aliphatic heterocycles. The SMILES string of the molecule is CCOC(=O)c1cccc(N=C2SC(=Cc3cc(Cl)ccc3OCc3cccc(Cl)c3)C(=O)N2CC)c1. The lowest BCUT2D eigenvalue weighted by molar-refractivity contribution is -0.122. The molecule has 190 valence electrons. The minimum atomic E-state index is -0.418. The van der Waals surface area contributed by atoms with Gasteiger partial charge < -0.3 is 9.47 Å². The maximum Gasteiger partial charge on any atom is 0.338 e. The zero-order valence-electron chi connectivity index (χ0n) is 20.2. The Morgan fingerprint density at radius 2 is 1.81 bits per heavy atom. The van der Waals surface area contributed by atoms with Gasteiger partial charge in [0.1, 0.15) is 12.4 Å². The molecule has 0 N–H and O–H groups in total. The predicted molar refractivity (Wildman–Crippen MR) is 150 cm³/mol. The second-order valence-corrected chi connectivity index (χ2v) is 9.81. The standard InChI is InChI=1S/C28H24Cl2N2O4S/c1-3-32-26(33)25(37-28(32)31-23-10-6-8-19(15-23)27(34)35-4-2)16-20-14-22(30)11-12-24(20)36-17-18-7-5-9-21(29)13-18/h5-16H,3-4,17H2,1-2H3. The molecule has 0 bridgehead atoms. The predicted octanol–water partition coefficient (Wildman–Crippen LogP) is 7.37. The summed E-state index contributed by atoms with van der Waals surface area (Å²) in [6, 6.07) is 19.5. The van der Waals surface area contributed by atoms with Crippen LogP contribution in [0.5, 0.6) is 5.75 Å². The number of hydrogen-bond acceptors (Lipinski definition) is 6. The van der Waals surface area contributed by atoms with Crippen molar-refractivity contribution in [2.45, 2.75) is 20.5 Å². The highest BCUT2D eigenvalue weighted by Gasteiger charge is 2.32. The quantitative estimate of drug-likeness (QED) is 0.214. The van der Waals surface area contributed by atoms with Crippen LogP contribution in [0.2, 0.25) is 10.0 Å². The van der Waals surface area contributed by atoms with Crippen LogP contribution in [0.3, 0.4) is 0 Å². The van der Waals surface area contributed by atoms with Crippen molar-refractivity contribution in [1.29, 1.82) is 0 Å². The van der Waals surface area contributed by atoms with Crippen LogP contribution in [-0.4, -0.2) is 35.1 Å². The molecule has 0 aliphatic carbocycles. The van der Waals surface area contributed by atoms with E-state index in [4.69, 9.17) is 32.7 Å². The lowest BCUT2D eigenvalue weighted by atomic mass is 10.1. The van der Waals surface area contributed by atoms with E-state index in [9.17, 15) is 9.59 Å². The number of aliphatic imine (C=N–C) groups is 1. The molecule has 0 spiro atoms. The Hall–Kier alpha value is -3.26. The van der Waals surface area contributed by atoms with Crippen molar-refractivity contribution in [3.63, 3.8) is 0 Å². The van der Waals surface area contributed by atoms with Crippen molar-refractivity contribution in [2.24, 2.45) is 4.99 Å². The third-order valence-corrected chi connectivity index (χ3v) is 6.80. The lowest BCUT2D eigenvalue weighted by Gasteiger charge is -2.12. The zero-order chi connectivity index (χ0) is 26.4. The van der Waals surface area contributed by atoms with Gasteiger partial charge >= 0.3 is 5.97 Å². The Labute approximate surface area is 229 Å². The summed E-state index contributed by atoms with van der Waals surface area (Å²) >= 11 is 13.6. The van der Waals surface area contributed by atoms with E-state index in [1.165, 1.54) is 11.8 Å². The minimum absolute atomic E-state index is 0.173. The normalized spacial score (nSPS) is 15.5. The molecule has 6 nitrogen and oxygen atoms in total. The molecule has 9 heteroatoms. The molecule has 1 aliphatic rings. The highest BCUT2D eigenvalue weighted by molar-refractivity contribution is 8.18. The van der Waals surface area contributed by atoms with Crippen LogP contribution >= 0.6 is 35.0 Å². The van der Waals surface area contributed by atoms with Crippen LogP contribution in [0.1, 0.15) is 35.3 Å². The van der Waals surface area contributed by atoms with Crippen molar-refractivity contribution < 1.29 is 19.1 Å². The van der Waals surface area contributed by atoms with E-state index in [0.29, 0.717) is 55.8 Å². The molecule has 4 rings (SSSR count). The first kappa shape index (κ1) is 26.8. The summed E-state index contributed by atoms with van der Waals surface area (Å²) in [5, 5.41) is 1.67. The number of esters is 1. The molecule has 37 heavy (non-hydrogen) atoms. The van der Waals surface area contributed by atoms with Gasteiger partial charge in [-0.2, -0.15) is 0 Å². The molecule has 1 heterocycles. The average molecular weight is 555 g/mol. The minimum Gasteiger partial charge on any atom is -0.488 e. The van der Waals surface area contributed by atoms with Gasteiger partial charge in [-0.15, -0.1) is 0 Å². The molecular formula is C28H24Cl2N2O4S. The molecule has 0 unspecified atom stereocenters. The van der Waals surface area contributed by atoms with E-state index in [1.54, 1.807) is 66.4 Å². The van der Waals surface area contributed by atoms with Crippen molar-refractivity contribution in [1.82, 2.24) is 4.90 Å². The van der Waals surface area contributed by atoms with Gasteiger partial charge in [0.05, 0.1) is 22.8 Å². The Morgan fingerprint density at radius 1 is 1.03 bits per heavy atom. The first-order chi connectivity index (χ1) is 17.9. The number of halogens is 2. The fourth-order valence-corrected chi connectivity index (χ4v) is 5.04. The topological polar surface area (TPSA) is 68.2 Å². The Balaban J connectivity index is 1.61. The van der Waals surface area contributed by atoms with E-state index in [-0.39, 0.29) is 12.5 Å². The lowest BCUT2D eigenvalue weighted by Crippen LogP contribution is -2.28. The molecular weight excluding hydrogens is 531 g/mol. The summed E-state index contributed by atoms with van der Waals surface area (Å²) in [5.74, 6) is -0.00620. The fourth-order valence-electron chi connectivity index (χ4n) is 3.59. The van der Waals surface area contributed by atoms with Gasteiger partial charge in [-0.1, -0.05) is 41.4 Å². The van der Waals surface area contributed by atoms with Crippen molar-refractivity contribution >= 4 is 63.8 Å². The van der Waals surface area contributed by atoms with Gasteiger partial charge in [0.15, 0.2) is 5.17 Å². The van der Waals surface area contributed by atoms with Gasteiger partial charge in [0, 0.05) is 22.2 Å². The molecule has 1 saturated heterocycles. The van der Waals surface area contributed by atoms with Crippen LogP contribution in [0, 0.1) is 0 Å². The molecule has 0 radical (unpaired) electrons. The van der Waals surface area contributed by atoms with Crippen LogP contribution in [-0.2, 0) is 16.1 Å². The number of hydrogen-bond donors (Lipinski definition) is 0. The number of nitrogens with zero attached hydrogens (tertiary/aromatic N) is 2. The van der Waals surface area contributed by atoms with Crippen molar-refractivity contribution in [2.75, 3.05) is 13.2 Å². The third kappa shape index (κ3) is 6.74. The number of likely N-dealkylation sites (N-methyl/N-ethyl adjacent to an activating group) is 1. The monoisotopic (exact) mass is 554 g/mol. The highest BCUT2D eigenvalue weighted by Crippen LogP contribution is 2.36. The molecule has 0 atom stereocenters. The number of amides is 1. The number of rotatable bonds is 8. The van der Waals surface area contributed by atoms with Crippen molar-refractivity contribution in [3.8, 4) is 5.75 Å². The third-order valence-electron chi connectivity index (χ3n) is 5.33. The van der Waals surface area contributed by atoms with E-state index in [1.807, 2.05) is 25.1 Å². The van der Waals surface area contributed by atoms with Crippen LogP contribution in [0.4, 0.5) is 5.69 Å². The molecule has 1 fully saturated rings. The fraction of sp³-hybridized carbons (Fsp3) is 0.179. The average Bonchev–Trinajstić information content (AvgIpc) is 3.17. The van der Waals surface area contributed by atoms with E-state index < -0.39 is 5.97 Å². The maximum absolute atomic E-state index is 13.2. The summed E-state index contributed by atoms with van der Waals surface area (Å²) in [6.07, 6.45) is 1.76. The Morgan fingerprint density at radius 3 is 2.57 bits per heavy atom. The first-order valence-electron chi connectivity index (χ1n) is 11.6. The van der Waals surface area contributed by atoms with Gasteiger partial charge in [-0.25, -0.2) is 9.79 Å². The largest absolute Gasteiger partial charge is 0.488 e. The zero-order valence-corrected chi connectivity index (χ0v) is 22.6. The number of amidine groups is 1. The summed E-state index contributed by atoms with van der Waals surface area (Å²) in [6.45, 7) is 4.67. The van der Waals surface area contributed by atoms with E-state index in [2.05, 4.69) is 4.99 Å². The highest BCUT2D eigenvalue weighted by atomic mass is 35.5. The molecule has 0 aromatic heterocycles. The number of benzene rings is 3. The molecule has 0 saturated carbocycles. The number of thioether (sulfide) groups is 1. The Kier molecular flexibility index (Phi) is 8.92. The number of ether oxygens (including phenoxy) is 2. The van der Waals surface area contributed by atoms with Crippen LogP contribution in [0.25, 0.3) is 6.08 Å². The summed E-state index contributed by atoms with van der Waals surface area (Å²) in [5.41, 5.74) is 2.54. The molecule has 3 aromatic rings. The van der Waals surface area contributed by atoms with Gasteiger partial charge in [-0.05, 0) is 85.8 Å². The molecule has 3 aromatic carbocycles. The van der Waals surface area contributed by atoms with E-state index >= 15 is 0 Å². The van der Waals surface area contributed by atoms with Crippen LogP contribution < -0.4 is 4.74 Å². The molecule has 1 amide bonds. The summed E-state index contributed by atoms with van der Waals surface area (Å²) < 4.78 is 11.1. The number of carbonyl (C=O) groups excluding carboxylic acids is 2. The Bertz CT molecular complexity index is 1390. The summed E-state index contributed by atoms with van der Waals surface area (Å²) in [4.78, 5) is 32.0. The smallest absolute Gasteiger partial charge is 0.338 e. The van der Waals surface area contributed by atoms with Gasteiger partial charge in [-0.3, -0.25) is 9.69 Å². The van der Waals surface area contributed by atoms with Gasteiger partial charge in [0.2, 0.25) is 0 Å². The van der Waals surface area contributed by atoms with Crippen LogP contribution in [0.15, 0.2) is 76.6 Å². The maximum atomic E-state index is 13.2. The first-order valence-corrected chi connectivity index (χ1v) is 13.2. The van der Waals surface area contributed by atoms with E-state index in [0.717, 1.165) is 5.56 Å². The summed E-state index contributed by atoms with van der Waals surface area (Å²) in [7, 11) is 0. The number of carbonyl (C=O) groups is 2.